The van der Waals surface area contributed by atoms with Crippen LogP contribution in [0.4, 0.5) is 13.2 Å². The summed E-state index contributed by atoms with van der Waals surface area (Å²) < 4.78 is 41.7. The predicted octanol–water partition coefficient (Wildman–Crippen LogP) is 5.41. The maximum Gasteiger partial charge on any atom is 0.434 e. The number of aromatic nitrogens is 5. The molecule has 0 aliphatic rings. The Balaban J connectivity index is 1.83. The molecule has 0 bridgehead atoms. The van der Waals surface area contributed by atoms with Gasteiger partial charge >= 0.3 is 6.18 Å². The number of aryl methyl sites for hydroxylation is 1. The summed E-state index contributed by atoms with van der Waals surface area (Å²) in [5, 5.41) is 12.3. The van der Waals surface area contributed by atoms with Gasteiger partial charge in [-0.2, -0.15) is 23.4 Å². The van der Waals surface area contributed by atoms with Crippen molar-refractivity contribution in [2.75, 3.05) is 0 Å². The van der Waals surface area contributed by atoms with E-state index in [4.69, 9.17) is 0 Å². The van der Waals surface area contributed by atoms with Gasteiger partial charge < -0.3 is 0 Å². The molecule has 0 aliphatic heterocycles. The molecule has 0 aliphatic carbocycles. The Hall–Kier alpha value is -2.16. The van der Waals surface area contributed by atoms with Crippen LogP contribution in [0.5, 0.6) is 0 Å². The van der Waals surface area contributed by atoms with Crippen LogP contribution < -0.4 is 0 Å². The minimum Gasteiger partial charge on any atom is -0.282 e. The Labute approximate surface area is 172 Å². The van der Waals surface area contributed by atoms with Gasteiger partial charge in [0.15, 0.2) is 5.69 Å². The lowest BCUT2D eigenvalue weighted by Crippen LogP contribution is -2.23. The largest absolute Gasteiger partial charge is 0.434 e. The maximum atomic E-state index is 13.3. The van der Waals surface area contributed by atoms with Crippen LogP contribution in [-0.2, 0) is 25.1 Å². The van der Waals surface area contributed by atoms with E-state index in [9.17, 15) is 13.2 Å². The molecule has 0 aromatic carbocycles. The number of halogens is 3. The maximum absolute atomic E-state index is 13.3. The molecule has 0 spiro atoms. The highest BCUT2D eigenvalue weighted by Crippen LogP contribution is 2.39. The number of hydrogen-bond donors (Lipinski definition) is 1. The van der Waals surface area contributed by atoms with Gasteiger partial charge in [-0.3, -0.25) is 9.78 Å². The van der Waals surface area contributed by atoms with E-state index >= 15 is 0 Å². The topological polar surface area (TPSA) is 59.4 Å². The van der Waals surface area contributed by atoms with Crippen molar-refractivity contribution in [2.24, 2.45) is 7.05 Å². The first-order valence-electron chi connectivity index (χ1n) is 9.52. The number of nitrogens with zero attached hydrogens (tertiary/aromatic N) is 4. The Morgan fingerprint density at radius 1 is 1.21 bits per heavy atom. The van der Waals surface area contributed by atoms with Crippen molar-refractivity contribution in [2.45, 2.75) is 64.5 Å². The van der Waals surface area contributed by atoms with Crippen LogP contribution in [0.25, 0.3) is 0 Å². The lowest BCUT2D eigenvalue weighted by molar-refractivity contribution is -0.141. The fraction of sp³-hybridized carbons (Fsp3) is 0.550. The van der Waals surface area contributed by atoms with Crippen molar-refractivity contribution in [1.29, 1.82) is 0 Å². The van der Waals surface area contributed by atoms with Crippen LogP contribution in [0.3, 0.4) is 0 Å². The third-order valence-electron chi connectivity index (χ3n) is 5.20. The molecule has 3 aromatic heterocycles. The summed E-state index contributed by atoms with van der Waals surface area (Å²) in [6, 6.07) is 3.94. The molecule has 158 valence electrons. The highest BCUT2D eigenvalue weighted by atomic mass is 32.1. The number of thiazole rings is 1. The van der Waals surface area contributed by atoms with Crippen molar-refractivity contribution < 1.29 is 13.2 Å². The fourth-order valence-electron chi connectivity index (χ4n) is 3.46. The summed E-state index contributed by atoms with van der Waals surface area (Å²) in [6.45, 7) is 9.63. The second-order valence-corrected chi connectivity index (χ2v) is 9.37. The van der Waals surface area contributed by atoms with Crippen molar-refractivity contribution in [3.63, 3.8) is 0 Å². The summed E-state index contributed by atoms with van der Waals surface area (Å²) in [5.41, 5.74) is 1.67. The lowest BCUT2D eigenvalue weighted by Gasteiger charge is -2.22. The van der Waals surface area contributed by atoms with E-state index in [0.29, 0.717) is 16.3 Å². The lowest BCUT2D eigenvalue weighted by atomic mass is 9.85. The molecule has 0 radical (unpaired) electrons. The normalized spacial score (nSPS) is 14.0. The molecule has 29 heavy (non-hydrogen) atoms. The van der Waals surface area contributed by atoms with Crippen molar-refractivity contribution in [3.05, 3.63) is 51.0 Å². The van der Waals surface area contributed by atoms with Crippen molar-refractivity contribution in [1.82, 2.24) is 25.0 Å². The number of rotatable bonds is 6. The quantitative estimate of drug-likeness (QED) is 0.574. The molecular formula is C20H26F3N5S. The van der Waals surface area contributed by atoms with Gasteiger partial charge in [0.05, 0.1) is 16.1 Å². The van der Waals surface area contributed by atoms with Gasteiger partial charge in [-0.1, -0.05) is 20.8 Å². The van der Waals surface area contributed by atoms with E-state index in [0.717, 1.165) is 28.4 Å². The molecular weight excluding hydrogens is 399 g/mol. The molecule has 0 fully saturated rings. The van der Waals surface area contributed by atoms with E-state index < -0.39 is 11.9 Å². The number of aromatic amines is 1. The first-order chi connectivity index (χ1) is 13.4. The van der Waals surface area contributed by atoms with Gasteiger partial charge in [-0.15, -0.1) is 11.3 Å². The van der Waals surface area contributed by atoms with Crippen molar-refractivity contribution >= 4 is 11.3 Å². The summed E-state index contributed by atoms with van der Waals surface area (Å²) in [6.07, 6.45) is -2.25. The van der Waals surface area contributed by atoms with Gasteiger partial charge in [0, 0.05) is 41.8 Å². The number of H-pyrrole nitrogens is 1. The monoisotopic (exact) mass is 425 g/mol. The van der Waals surface area contributed by atoms with Crippen LogP contribution in [0, 0.1) is 0 Å². The highest BCUT2D eigenvalue weighted by Gasteiger charge is 2.38. The van der Waals surface area contributed by atoms with Crippen LogP contribution in [0.1, 0.15) is 79.1 Å². The Morgan fingerprint density at radius 3 is 2.41 bits per heavy atom. The molecule has 0 saturated carbocycles. The number of hydrogen-bond acceptors (Lipinski definition) is 4. The fourth-order valence-corrected chi connectivity index (χ4v) is 4.68. The van der Waals surface area contributed by atoms with Gasteiger partial charge in [0.25, 0.3) is 0 Å². The highest BCUT2D eigenvalue weighted by molar-refractivity contribution is 7.11. The SMILES string of the molecule is CC(C)c1sc(CC(C)c2cc(C(C)(C)c3ccnn3C)n[nH]2)nc1C(F)(F)F. The van der Waals surface area contributed by atoms with E-state index in [1.165, 1.54) is 0 Å². The molecule has 0 amide bonds. The second kappa shape index (κ2) is 7.59. The van der Waals surface area contributed by atoms with Gasteiger partial charge in [0.2, 0.25) is 0 Å². The van der Waals surface area contributed by atoms with Gasteiger partial charge in [0.1, 0.15) is 0 Å². The molecule has 3 heterocycles. The molecule has 1 atom stereocenters. The van der Waals surface area contributed by atoms with E-state index in [1.807, 2.05) is 30.8 Å². The molecule has 1 N–H and O–H groups in total. The number of nitrogens with one attached hydrogen (secondary N) is 1. The van der Waals surface area contributed by atoms with E-state index in [2.05, 4.69) is 34.1 Å². The zero-order chi connectivity index (χ0) is 21.6. The van der Waals surface area contributed by atoms with E-state index in [1.54, 1.807) is 20.0 Å². The van der Waals surface area contributed by atoms with E-state index in [-0.39, 0.29) is 17.3 Å². The van der Waals surface area contributed by atoms with Crippen LogP contribution >= 0.6 is 11.3 Å². The third kappa shape index (κ3) is 4.24. The summed E-state index contributed by atoms with van der Waals surface area (Å²) >= 11 is 1.15. The average molecular weight is 426 g/mol. The standard InChI is InChI=1S/C20H26F3N5S/c1-11(2)17-18(20(21,22)23)25-16(29-17)9-12(3)13-10-14(27-26-13)19(4,5)15-7-8-24-28(15)6/h7-8,10-12H,9H2,1-6H3,(H,26,27). The Morgan fingerprint density at radius 2 is 1.90 bits per heavy atom. The first kappa shape index (κ1) is 21.5. The zero-order valence-electron chi connectivity index (χ0n) is 17.4. The zero-order valence-corrected chi connectivity index (χ0v) is 18.2. The molecule has 3 rings (SSSR count). The summed E-state index contributed by atoms with van der Waals surface area (Å²) in [7, 11) is 1.89. The van der Waals surface area contributed by atoms with Crippen molar-refractivity contribution in [3.8, 4) is 0 Å². The Kier molecular flexibility index (Phi) is 5.64. The Bertz CT molecular complexity index is 981. The summed E-state index contributed by atoms with van der Waals surface area (Å²) in [4.78, 5) is 4.22. The van der Waals surface area contributed by atoms with Crippen LogP contribution in [0.2, 0.25) is 0 Å². The molecule has 5 nitrogen and oxygen atoms in total. The number of alkyl halides is 3. The minimum atomic E-state index is -4.42. The molecule has 0 saturated heterocycles. The smallest absolute Gasteiger partial charge is 0.282 e. The summed E-state index contributed by atoms with van der Waals surface area (Å²) in [5.74, 6) is -0.252. The molecule has 1 unspecified atom stereocenters. The molecule has 9 heteroatoms. The predicted molar refractivity (Wildman–Crippen MR) is 107 cm³/mol. The third-order valence-corrected chi connectivity index (χ3v) is 6.58. The average Bonchev–Trinajstić information content (AvgIpc) is 3.32. The molecule has 3 aromatic rings. The van der Waals surface area contributed by atoms with Gasteiger partial charge in [-0.05, 0) is 31.9 Å². The van der Waals surface area contributed by atoms with Crippen LogP contribution in [-0.4, -0.2) is 25.0 Å². The minimum absolute atomic E-state index is 0.0363. The second-order valence-electron chi connectivity index (χ2n) is 8.25. The first-order valence-corrected chi connectivity index (χ1v) is 10.3. The van der Waals surface area contributed by atoms with Crippen LogP contribution in [0.15, 0.2) is 18.3 Å². The van der Waals surface area contributed by atoms with Gasteiger partial charge in [-0.25, -0.2) is 4.98 Å².